The Hall–Kier alpha value is -0.0800. The minimum absolute atomic E-state index is 0.0689. The number of fused-ring (bicyclic) bond motifs is 1. The van der Waals surface area contributed by atoms with Gasteiger partial charge in [-0.05, 0) is 81.5 Å². The molecule has 2 rings (SSSR count). The van der Waals surface area contributed by atoms with Crippen LogP contribution in [-0.4, -0.2) is 21.9 Å². The van der Waals surface area contributed by atoms with Gasteiger partial charge in [-0.2, -0.15) is 0 Å². The third-order valence-electron chi connectivity index (χ3n) is 7.57. The van der Waals surface area contributed by atoms with Gasteiger partial charge in [0.15, 0.2) is 0 Å². The molecule has 0 aromatic heterocycles. The number of aliphatic hydroxyl groups excluding tert-OH is 1. The molecule has 0 spiro atoms. The van der Waals surface area contributed by atoms with Crippen LogP contribution in [0.2, 0.25) is 0 Å². The summed E-state index contributed by atoms with van der Waals surface area (Å²) in [5.74, 6) is 1.25. The smallest absolute Gasteiger partial charge is 0.0591 e. The van der Waals surface area contributed by atoms with Crippen molar-refractivity contribution in [3.63, 3.8) is 0 Å². The Morgan fingerprint density at radius 3 is 2.29 bits per heavy atom. The molecule has 2 heteroatoms. The zero-order chi connectivity index (χ0) is 18.0. The highest BCUT2D eigenvalue weighted by molar-refractivity contribution is 5.05. The van der Waals surface area contributed by atoms with Crippen LogP contribution in [0.25, 0.3) is 0 Å². The molecule has 2 aliphatic rings. The normalized spacial score (nSPS) is 36.4. The van der Waals surface area contributed by atoms with Crippen molar-refractivity contribution in [1.82, 2.24) is 0 Å². The molecule has 2 fully saturated rings. The molecule has 0 bridgehead atoms. The standard InChI is InChI=1S/C22H42O2/c1-6-7-14-21(4,15-9-13-20(2,3)24)19-12-11-17-18(23)10-8-16-22(17,19)5/h17-19,23-24H,6-16H2,1-5H3/t17?,18-,19+,21+,22-/m0/s1. The van der Waals surface area contributed by atoms with Crippen molar-refractivity contribution in [2.45, 2.75) is 117 Å². The van der Waals surface area contributed by atoms with Gasteiger partial charge in [0.05, 0.1) is 11.7 Å². The van der Waals surface area contributed by atoms with Gasteiger partial charge < -0.3 is 10.2 Å². The molecule has 0 heterocycles. The highest BCUT2D eigenvalue weighted by Gasteiger charge is 2.55. The molecule has 0 aliphatic heterocycles. The summed E-state index contributed by atoms with van der Waals surface area (Å²) in [6.07, 6.45) is 13.0. The van der Waals surface area contributed by atoms with E-state index in [1.165, 1.54) is 51.4 Å². The van der Waals surface area contributed by atoms with E-state index in [4.69, 9.17) is 0 Å². The van der Waals surface area contributed by atoms with Gasteiger partial charge in [-0.15, -0.1) is 0 Å². The highest BCUT2D eigenvalue weighted by Crippen LogP contribution is 2.62. The molecule has 2 aliphatic carbocycles. The first-order valence-electron chi connectivity index (χ1n) is 10.5. The predicted molar refractivity (Wildman–Crippen MR) is 102 cm³/mol. The number of rotatable bonds is 8. The summed E-state index contributed by atoms with van der Waals surface area (Å²) in [5.41, 5.74) is 0.144. The van der Waals surface area contributed by atoms with Crippen molar-refractivity contribution < 1.29 is 10.2 Å². The topological polar surface area (TPSA) is 40.5 Å². The van der Waals surface area contributed by atoms with Crippen LogP contribution in [0, 0.1) is 22.7 Å². The highest BCUT2D eigenvalue weighted by atomic mass is 16.3. The Morgan fingerprint density at radius 2 is 1.67 bits per heavy atom. The third-order valence-corrected chi connectivity index (χ3v) is 7.57. The third kappa shape index (κ3) is 4.36. The second kappa shape index (κ2) is 7.66. The van der Waals surface area contributed by atoms with Crippen molar-refractivity contribution in [3.05, 3.63) is 0 Å². The Labute approximate surface area is 150 Å². The van der Waals surface area contributed by atoms with Gasteiger partial charge in [0.25, 0.3) is 0 Å². The zero-order valence-corrected chi connectivity index (χ0v) is 16.9. The van der Waals surface area contributed by atoms with E-state index in [1.54, 1.807) is 0 Å². The lowest BCUT2D eigenvalue weighted by molar-refractivity contribution is -0.0531. The van der Waals surface area contributed by atoms with Crippen molar-refractivity contribution >= 4 is 0 Å². The van der Waals surface area contributed by atoms with Crippen LogP contribution in [0.5, 0.6) is 0 Å². The predicted octanol–water partition coefficient (Wildman–Crippen LogP) is 5.70. The number of aliphatic hydroxyl groups is 2. The molecule has 0 aromatic rings. The van der Waals surface area contributed by atoms with Gasteiger partial charge in [-0.1, -0.05) is 46.5 Å². The van der Waals surface area contributed by atoms with Crippen LogP contribution in [0.1, 0.15) is 105 Å². The van der Waals surface area contributed by atoms with Crippen LogP contribution in [0.15, 0.2) is 0 Å². The summed E-state index contributed by atoms with van der Waals surface area (Å²) < 4.78 is 0. The van der Waals surface area contributed by atoms with Crippen LogP contribution in [-0.2, 0) is 0 Å². The van der Waals surface area contributed by atoms with E-state index in [1.807, 2.05) is 13.8 Å². The lowest BCUT2D eigenvalue weighted by Crippen LogP contribution is -2.45. The van der Waals surface area contributed by atoms with Gasteiger partial charge in [0.1, 0.15) is 0 Å². The van der Waals surface area contributed by atoms with Crippen molar-refractivity contribution in [2.24, 2.45) is 22.7 Å². The van der Waals surface area contributed by atoms with Crippen LogP contribution >= 0.6 is 0 Å². The monoisotopic (exact) mass is 338 g/mol. The van der Waals surface area contributed by atoms with E-state index >= 15 is 0 Å². The summed E-state index contributed by atoms with van der Waals surface area (Å²) in [6.45, 7) is 11.2. The number of hydrogen-bond acceptors (Lipinski definition) is 2. The molecule has 0 amide bonds. The van der Waals surface area contributed by atoms with Gasteiger partial charge in [0, 0.05) is 0 Å². The Bertz CT molecular complexity index is 399. The van der Waals surface area contributed by atoms with Gasteiger partial charge in [-0.3, -0.25) is 0 Å². The molecule has 0 saturated heterocycles. The Balaban J connectivity index is 2.14. The van der Waals surface area contributed by atoms with E-state index in [2.05, 4.69) is 20.8 Å². The summed E-state index contributed by atoms with van der Waals surface area (Å²) >= 11 is 0. The van der Waals surface area contributed by atoms with Gasteiger partial charge in [-0.25, -0.2) is 0 Å². The molecule has 0 radical (unpaired) electrons. The molecule has 2 nitrogen and oxygen atoms in total. The fourth-order valence-corrected chi connectivity index (χ4v) is 6.27. The van der Waals surface area contributed by atoms with Crippen LogP contribution in [0.4, 0.5) is 0 Å². The summed E-state index contributed by atoms with van der Waals surface area (Å²) in [6, 6.07) is 0. The SMILES string of the molecule is CCCC[C@](C)(CCCC(C)(C)O)[C@H]1CCC2[C@@H](O)CCC[C@@]21C. The molecule has 1 unspecified atom stereocenters. The zero-order valence-electron chi connectivity index (χ0n) is 16.9. The van der Waals surface area contributed by atoms with Crippen molar-refractivity contribution in [3.8, 4) is 0 Å². The molecule has 0 aromatic carbocycles. The van der Waals surface area contributed by atoms with Gasteiger partial charge >= 0.3 is 0 Å². The average Bonchev–Trinajstić information content (AvgIpc) is 2.83. The van der Waals surface area contributed by atoms with Crippen LogP contribution in [0.3, 0.4) is 0 Å². The molecule has 2 N–H and O–H groups in total. The Kier molecular flexibility index (Phi) is 6.46. The Morgan fingerprint density at radius 1 is 1.00 bits per heavy atom. The second-order valence-electron chi connectivity index (χ2n) is 10.1. The summed E-state index contributed by atoms with van der Waals surface area (Å²) in [5, 5.41) is 20.6. The quantitative estimate of drug-likeness (QED) is 0.596. The lowest BCUT2D eigenvalue weighted by Gasteiger charge is -2.50. The molecule has 5 atom stereocenters. The minimum atomic E-state index is -0.547. The number of hydrogen-bond donors (Lipinski definition) is 2. The molecule has 24 heavy (non-hydrogen) atoms. The van der Waals surface area contributed by atoms with Crippen LogP contribution < -0.4 is 0 Å². The number of unbranched alkanes of at least 4 members (excludes halogenated alkanes) is 1. The van der Waals surface area contributed by atoms with E-state index < -0.39 is 5.60 Å². The second-order valence-corrected chi connectivity index (χ2v) is 10.1. The largest absolute Gasteiger partial charge is 0.393 e. The van der Waals surface area contributed by atoms with E-state index in [0.717, 1.165) is 25.2 Å². The maximum atomic E-state index is 10.6. The molecular weight excluding hydrogens is 296 g/mol. The fourth-order valence-electron chi connectivity index (χ4n) is 6.27. The maximum absolute atomic E-state index is 10.6. The molecular formula is C22H42O2. The molecule has 2 saturated carbocycles. The first-order valence-corrected chi connectivity index (χ1v) is 10.5. The summed E-state index contributed by atoms with van der Waals surface area (Å²) in [7, 11) is 0. The van der Waals surface area contributed by atoms with E-state index in [9.17, 15) is 10.2 Å². The van der Waals surface area contributed by atoms with E-state index in [-0.39, 0.29) is 6.10 Å². The van der Waals surface area contributed by atoms with Crippen molar-refractivity contribution in [2.75, 3.05) is 0 Å². The van der Waals surface area contributed by atoms with E-state index in [0.29, 0.717) is 16.7 Å². The maximum Gasteiger partial charge on any atom is 0.0591 e. The van der Waals surface area contributed by atoms with Gasteiger partial charge in [0.2, 0.25) is 0 Å². The lowest BCUT2D eigenvalue weighted by atomic mass is 9.55. The first-order chi connectivity index (χ1) is 11.1. The average molecular weight is 339 g/mol. The fraction of sp³-hybridized carbons (Fsp3) is 1.00. The summed E-state index contributed by atoms with van der Waals surface area (Å²) in [4.78, 5) is 0. The minimum Gasteiger partial charge on any atom is -0.393 e. The molecule has 142 valence electrons. The van der Waals surface area contributed by atoms with Crippen molar-refractivity contribution in [1.29, 1.82) is 0 Å². The first kappa shape index (κ1) is 20.2.